The van der Waals surface area contributed by atoms with Crippen molar-refractivity contribution in [2.75, 3.05) is 28.2 Å². The van der Waals surface area contributed by atoms with E-state index >= 15 is 0 Å². The number of hydrazine groups is 1. The monoisotopic (exact) mass is 160 g/mol. The van der Waals surface area contributed by atoms with E-state index in [1.807, 2.05) is 0 Å². The topological polar surface area (TPSA) is 62.0 Å². The number of hydrogen-bond donors (Lipinski definition) is 0. The van der Waals surface area contributed by atoms with Gasteiger partial charge in [0.05, 0.1) is 7.05 Å². The van der Waals surface area contributed by atoms with Crippen molar-refractivity contribution in [3.8, 4) is 0 Å². The highest BCUT2D eigenvalue weighted by atomic mass is 16.7. The molecule has 0 amide bonds. The molecule has 0 N–H and O–H groups in total. The summed E-state index contributed by atoms with van der Waals surface area (Å²) in [6.07, 6.45) is 0. The van der Waals surface area contributed by atoms with Crippen molar-refractivity contribution in [2.24, 2.45) is 4.99 Å². The molecule has 0 aromatic carbocycles. The normalized spacial score (nSPS) is 11.1. The summed E-state index contributed by atoms with van der Waals surface area (Å²) in [6.45, 7) is 0. The van der Waals surface area contributed by atoms with Crippen LogP contribution in [0.3, 0.4) is 0 Å². The van der Waals surface area contributed by atoms with Crippen molar-refractivity contribution < 1.29 is 5.03 Å². The Labute approximate surface area is 65.2 Å². The molecule has 0 aliphatic rings. The number of guanidine groups is 1. The zero-order valence-corrected chi connectivity index (χ0v) is 7.11. The third-order valence-corrected chi connectivity index (χ3v) is 1.13. The number of aliphatic imine (C=N–C) groups is 1. The Kier molecular flexibility index (Phi) is 3.29. The number of nitrogens with zero attached hydrogens (tertiary/aromatic N) is 4. The largest absolute Gasteiger partial charge is 0.344 e. The van der Waals surface area contributed by atoms with Crippen LogP contribution in [0.5, 0.6) is 0 Å². The molecule has 6 nitrogen and oxygen atoms in total. The summed E-state index contributed by atoms with van der Waals surface area (Å²) in [5.41, 5.74) is 0. The fourth-order valence-electron chi connectivity index (χ4n) is 0.707. The molecule has 64 valence electrons. The standard InChI is InChI=1S/C5H12N4O2/c1-6-5(7(2)3)8(4)9(10)11/h1-4H3. The zero-order chi connectivity index (χ0) is 9.02. The average Bonchev–Trinajstić information content (AvgIpc) is 1.88. The highest BCUT2D eigenvalue weighted by molar-refractivity contribution is 5.77. The van der Waals surface area contributed by atoms with Crippen LogP contribution in [0.4, 0.5) is 0 Å². The Morgan fingerprint density at radius 1 is 1.45 bits per heavy atom. The molecule has 0 aliphatic carbocycles. The van der Waals surface area contributed by atoms with Gasteiger partial charge in [-0.05, 0) is 0 Å². The molecular formula is C5H12N4O2. The van der Waals surface area contributed by atoms with Crippen LogP contribution in [0.15, 0.2) is 4.99 Å². The summed E-state index contributed by atoms with van der Waals surface area (Å²) < 4.78 is 0. The first kappa shape index (κ1) is 9.67. The second kappa shape index (κ2) is 3.75. The minimum absolute atomic E-state index is 0.315. The van der Waals surface area contributed by atoms with Crippen LogP contribution < -0.4 is 0 Å². The quantitative estimate of drug-likeness (QED) is 0.228. The van der Waals surface area contributed by atoms with Crippen LogP contribution >= 0.6 is 0 Å². The molecule has 0 saturated heterocycles. The van der Waals surface area contributed by atoms with E-state index in [4.69, 9.17) is 0 Å². The highest BCUT2D eigenvalue weighted by Crippen LogP contribution is 1.90. The van der Waals surface area contributed by atoms with Crippen LogP contribution in [0.2, 0.25) is 0 Å². The molecule has 0 spiro atoms. The summed E-state index contributed by atoms with van der Waals surface area (Å²) in [5.74, 6) is 0.315. The lowest BCUT2D eigenvalue weighted by Crippen LogP contribution is -2.41. The first-order chi connectivity index (χ1) is 5.00. The van der Waals surface area contributed by atoms with Crippen molar-refractivity contribution in [1.82, 2.24) is 9.91 Å². The Hall–Kier alpha value is -1.33. The van der Waals surface area contributed by atoms with Gasteiger partial charge in [0.1, 0.15) is 0 Å². The third kappa shape index (κ3) is 2.40. The highest BCUT2D eigenvalue weighted by Gasteiger charge is 2.16. The molecule has 0 aromatic rings. The molecule has 0 rings (SSSR count). The van der Waals surface area contributed by atoms with E-state index in [1.54, 1.807) is 19.0 Å². The van der Waals surface area contributed by atoms with E-state index in [9.17, 15) is 10.1 Å². The summed E-state index contributed by atoms with van der Waals surface area (Å²) in [7, 11) is 6.25. The maximum Gasteiger partial charge on any atom is 0.258 e. The van der Waals surface area contributed by atoms with Crippen molar-refractivity contribution in [1.29, 1.82) is 0 Å². The van der Waals surface area contributed by atoms with E-state index in [1.165, 1.54) is 14.1 Å². The second-order valence-electron chi connectivity index (χ2n) is 2.18. The maximum absolute atomic E-state index is 10.2. The molecule has 11 heavy (non-hydrogen) atoms. The van der Waals surface area contributed by atoms with Crippen LogP contribution in [0, 0.1) is 10.1 Å². The lowest BCUT2D eigenvalue weighted by molar-refractivity contribution is -0.624. The third-order valence-electron chi connectivity index (χ3n) is 1.13. The van der Waals surface area contributed by atoms with Gasteiger partial charge in [-0.25, -0.2) is 10.1 Å². The molecule has 0 heterocycles. The average molecular weight is 160 g/mol. The molecular weight excluding hydrogens is 148 g/mol. The summed E-state index contributed by atoms with van der Waals surface area (Å²) in [5, 5.41) is 10.6. The van der Waals surface area contributed by atoms with Crippen LogP contribution in [-0.2, 0) is 0 Å². The summed E-state index contributed by atoms with van der Waals surface area (Å²) in [6, 6.07) is 0. The fourth-order valence-corrected chi connectivity index (χ4v) is 0.707. The van der Waals surface area contributed by atoms with Crippen molar-refractivity contribution >= 4 is 5.96 Å². The molecule has 0 bridgehead atoms. The van der Waals surface area contributed by atoms with Gasteiger partial charge in [-0.15, -0.1) is 0 Å². The minimum atomic E-state index is -0.525. The van der Waals surface area contributed by atoms with Gasteiger partial charge in [0, 0.05) is 21.1 Å². The van der Waals surface area contributed by atoms with Gasteiger partial charge < -0.3 is 4.90 Å². The molecule has 0 aliphatic heterocycles. The molecule has 0 unspecified atom stereocenters. The maximum atomic E-state index is 10.2. The number of hydrogen-bond acceptors (Lipinski definition) is 3. The Bertz CT molecular complexity index is 177. The van der Waals surface area contributed by atoms with E-state index in [-0.39, 0.29) is 0 Å². The predicted molar refractivity (Wildman–Crippen MR) is 41.8 cm³/mol. The van der Waals surface area contributed by atoms with Gasteiger partial charge in [-0.1, -0.05) is 5.01 Å². The summed E-state index contributed by atoms with van der Waals surface area (Å²) in [4.78, 5) is 15.5. The van der Waals surface area contributed by atoms with Gasteiger partial charge in [0.2, 0.25) is 0 Å². The van der Waals surface area contributed by atoms with E-state index in [2.05, 4.69) is 4.99 Å². The van der Waals surface area contributed by atoms with E-state index < -0.39 is 5.03 Å². The lowest BCUT2D eigenvalue weighted by atomic mass is 10.7. The molecule has 0 aromatic heterocycles. The van der Waals surface area contributed by atoms with Gasteiger partial charge in [-0.3, -0.25) is 4.99 Å². The fraction of sp³-hybridized carbons (Fsp3) is 0.800. The lowest BCUT2D eigenvalue weighted by Gasteiger charge is -2.17. The predicted octanol–water partition coefficient (Wildman–Crippen LogP) is -0.343. The molecule has 0 radical (unpaired) electrons. The van der Waals surface area contributed by atoms with Crippen molar-refractivity contribution in [2.45, 2.75) is 0 Å². The number of nitro groups is 1. The summed E-state index contributed by atoms with van der Waals surface area (Å²) >= 11 is 0. The van der Waals surface area contributed by atoms with E-state index in [0.717, 1.165) is 5.01 Å². The first-order valence-electron chi connectivity index (χ1n) is 3.02. The molecule has 6 heteroatoms. The SMILES string of the molecule is CN=C(N(C)C)N(C)[N+](=O)[O-]. The number of rotatable bonds is 1. The van der Waals surface area contributed by atoms with Gasteiger partial charge >= 0.3 is 0 Å². The Balaban J connectivity index is 4.41. The van der Waals surface area contributed by atoms with Crippen LogP contribution in [0.25, 0.3) is 0 Å². The van der Waals surface area contributed by atoms with Crippen LogP contribution in [-0.4, -0.2) is 49.1 Å². The molecule has 0 fully saturated rings. The Morgan fingerprint density at radius 3 is 2.00 bits per heavy atom. The minimum Gasteiger partial charge on any atom is -0.344 e. The molecule has 0 atom stereocenters. The van der Waals surface area contributed by atoms with Crippen LogP contribution in [0.1, 0.15) is 0 Å². The molecule has 0 saturated carbocycles. The van der Waals surface area contributed by atoms with Gasteiger partial charge in [0.25, 0.3) is 5.96 Å². The second-order valence-corrected chi connectivity index (χ2v) is 2.18. The first-order valence-corrected chi connectivity index (χ1v) is 3.02. The smallest absolute Gasteiger partial charge is 0.258 e. The zero-order valence-electron chi connectivity index (χ0n) is 7.11. The van der Waals surface area contributed by atoms with Gasteiger partial charge in [0.15, 0.2) is 5.03 Å². The Morgan fingerprint density at radius 2 is 1.91 bits per heavy atom. The van der Waals surface area contributed by atoms with E-state index in [0.29, 0.717) is 5.96 Å². The van der Waals surface area contributed by atoms with Crippen molar-refractivity contribution in [3.05, 3.63) is 10.1 Å². The van der Waals surface area contributed by atoms with Crippen molar-refractivity contribution in [3.63, 3.8) is 0 Å². The van der Waals surface area contributed by atoms with Gasteiger partial charge in [-0.2, -0.15) is 0 Å².